The summed E-state index contributed by atoms with van der Waals surface area (Å²) in [6.07, 6.45) is 0. The summed E-state index contributed by atoms with van der Waals surface area (Å²) in [6.45, 7) is 0. The van der Waals surface area contributed by atoms with Crippen LogP contribution < -0.4 is 10.6 Å². The third kappa shape index (κ3) is 6.70. The SMILES string of the molecule is N#Cc1c(SCC(=O)Nc2ccc(F)cc2F)nsc1SCC(=O)Nc1ccc(F)cc1F. The molecule has 0 aliphatic rings. The van der Waals surface area contributed by atoms with E-state index in [0.29, 0.717) is 16.3 Å². The lowest BCUT2D eigenvalue weighted by molar-refractivity contribution is -0.114. The molecule has 0 aliphatic carbocycles. The van der Waals surface area contributed by atoms with E-state index in [4.69, 9.17) is 0 Å². The van der Waals surface area contributed by atoms with Gasteiger partial charge < -0.3 is 10.6 Å². The quantitative estimate of drug-likeness (QED) is 0.325. The second-order valence-electron chi connectivity index (χ2n) is 6.18. The van der Waals surface area contributed by atoms with Gasteiger partial charge in [0.15, 0.2) is 0 Å². The van der Waals surface area contributed by atoms with Gasteiger partial charge in [-0.1, -0.05) is 11.8 Å². The highest BCUT2D eigenvalue weighted by Gasteiger charge is 2.18. The standard InChI is InChI=1S/C20H12F4N4O2S3/c21-10-1-3-15(13(23)5-10)26-17(29)8-31-19-12(7-25)20(33-28-19)32-9-18(30)27-16-4-2-11(22)6-14(16)24/h1-6H,8-9H2,(H,26,29)(H,27,30). The molecule has 0 radical (unpaired) electrons. The maximum Gasteiger partial charge on any atom is 0.234 e. The Morgan fingerprint density at radius 1 is 0.909 bits per heavy atom. The lowest BCUT2D eigenvalue weighted by Crippen LogP contribution is -2.15. The topological polar surface area (TPSA) is 94.9 Å². The normalized spacial score (nSPS) is 10.5. The number of hydrogen-bond donors (Lipinski definition) is 2. The fraction of sp³-hybridized carbons (Fsp3) is 0.100. The first kappa shape index (κ1) is 24.6. The highest BCUT2D eigenvalue weighted by molar-refractivity contribution is 8.02. The molecule has 1 aromatic heterocycles. The summed E-state index contributed by atoms with van der Waals surface area (Å²) in [6, 6.07) is 7.44. The molecule has 0 spiro atoms. The number of carbonyl (C=O) groups is 2. The average molecular weight is 513 g/mol. The highest BCUT2D eigenvalue weighted by atomic mass is 32.2. The molecule has 170 valence electrons. The largest absolute Gasteiger partial charge is 0.323 e. The molecule has 13 heteroatoms. The molecule has 2 aromatic carbocycles. The second kappa shape index (κ2) is 11.2. The van der Waals surface area contributed by atoms with Crippen molar-refractivity contribution in [3.63, 3.8) is 0 Å². The first-order valence-electron chi connectivity index (χ1n) is 8.92. The summed E-state index contributed by atoms with van der Waals surface area (Å²) >= 11 is 2.88. The average Bonchev–Trinajstić information content (AvgIpc) is 3.16. The molecule has 0 bridgehead atoms. The minimum Gasteiger partial charge on any atom is -0.323 e. The third-order valence-electron chi connectivity index (χ3n) is 3.83. The van der Waals surface area contributed by atoms with Gasteiger partial charge >= 0.3 is 0 Å². The van der Waals surface area contributed by atoms with E-state index in [2.05, 4.69) is 15.0 Å². The zero-order valence-corrected chi connectivity index (χ0v) is 18.8. The lowest BCUT2D eigenvalue weighted by atomic mass is 10.3. The van der Waals surface area contributed by atoms with Gasteiger partial charge in [0.05, 0.1) is 22.9 Å². The molecular formula is C20H12F4N4O2S3. The molecule has 2 amide bonds. The van der Waals surface area contributed by atoms with Crippen molar-refractivity contribution in [2.45, 2.75) is 9.24 Å². The number of anilines is 2. The number of halogens is 4. The van der Waals surface area contributed by atoms with Gasteiger partial charge in [-0.2, -0.15) is 9.64 Å². The Morgan fingerprint density at radius 2 is 1.42 bits per heavy atom. The number of nitriles is 1. The van der Waals surface area contributed by atoms with Crippen molar-refractivity contribution in [2.75, 3.05) is 22.1 Å². The van der Waals surface area contributed by atoms with E-state index in [1.165, 1.54) is 0 Å². The Morgan fingerprint density at radius 3 is 1.91 bits per heavy atom. The van der Waals surface area contributed by atoms with E-state index in [-0.39, 0.29) is 33.5 Å². The van der Waals surface area contributed by atoms with Crippen LogP contribution in [0.25, 0.3) is 0 Å². The summed E-state index contributed by atoms with van der Waals surface area (Å²) in [4.78, 5) is 24.1. The van der Waals surface area contributed by atoms with Gasteiger partial charge in [0.25, 0.3) is 0 Å². The highest BCUT2D eigenvalue weighted by Crippen LogP contribution is 2.34. The summed E-state index contributed by atoms with van der Waals surface area (Å²) in [5.74, 6) is -4.90. The van der Waals surface area contributed by atoms with Crippen LogP contribution in [-0.4, -0.2) is 27.7 Å². The fourth-order valence-electron chi connectivity index (χ4n) is 2.37. The monoisotopic (exact) mass is 512 g/mol. The molecule has 2 N–H and O–H groups in total. The molecule has 0 saturated carbocycles. The van der Waals surface area contributed by atoms with Crippen LogP contribution in [0.2, 0.25) is 0 Å². The van der Waals surface area contributed by atoms with Crippen LogP contribution in [0.3, 0.4) is 0 Å². The van der Waals surface area contributed by atoms with Crippen molar-refractivity contribution in [2.24, 2.45) is 0 Å². The first-order valence-corrected chi connectivity index (χ1v) is 11.7. The lowest BCUT2D eigenvalue weighted by Gasteiger charge is -2.06. The van der Waals surface area contributed by atoms with Crippen LogP contribution in [0, 0.1) is 34.6 Å². The third-order valence-corrected chi connectivity index (χ3v) is 7.01. The van der Waals surface area contributed by atoms with Gasteiger partial charge in [-0.05, 0) is 35.8 Å². The number of thioether (sulfide) groups is 2. The van der Waals surface area contributed by atoms with E-state index in [1.807, 2.05) is 6.07 Å². The summed E-state index contributed by atoms with van der Waals surface area (Å²) in [5.41, 5.74) is -0.191. The van der Waals surface area contributed by atoms with Gasteiger partial charge in [0.2, 0.25) is 11.8 Å². The second-order valence-corrected chi connectivity index (χ2v) is 9.17. The minimum atomic E-state index is -0.919. The number of rotatable bonds is 8. The summed E-state index contributed by atoms with van der Waals surface area (Å²) in [7, 11) is 0. The Labute approximate surface area is 197 Å². The van der Waals surface area contributed by atoms with E-state index < -0.39 is 35.1 Å². The number of aromatic nitrogens is 1. The Hall–Kier alpha value is -3.08. The maximum atomic E-state index is 13.6. The molecule has 0 atom stereocenters. The molecule has 1 heterocycles. The molecule has 0 aliphatic heterocycles. The van der Waals surface area contributed by atoms with E-state index >= 15 is 0 Å². The molecule has 33 heavy (non-hydrogen) atoms. The fourth-order valence-corrected chi connectivity index (χ4v) is 5.07. The van der Waals surface area contributed by atoms with Gasteiger partial charge in [-0.3, -0.25) is 9.59 Å². The number of amides is 2. The van der Waals surface area contributed by atoms with Crippen molar-refractivity contribution in [1.82, 2.24) is 4.37 Å². The van der Waals surface area contributed by atoms with Crippen LogP contribution in [0.5, 0.6) is 0 Å². The van der Waals surface area contributed by atoms with Gasteiger partial charge in [-0.15, -0.1) is 11.8 Å². The zero-order valence-electron chi connectivity index (χ0n) is 16.3. The molecule has 0 unspecified atom stereocenters. The Kier molecular flexibility index (Phi) is 8.32. The number of nitrogens with zero attached hydrogens (tertiary/aromatic N) is 2. The van der Waals surface area contributed by atoms with Gasteiger partial charge in [0.1, 0.15) is 44.1 Å². The number of nitrogens with one attached hydrogen (secondary N) is 2. The number of benzene rings is 2. The Balaban J connectivity index is 1.55. The summed E-state index contributed by atoms with van der Waals surface area (Å²) < 4.78 is 57.7. The van der Waals surface area contributed by atoms with Crippen LogP contribution >= 0.6 is 35.1 Å². The van der Waals surface area contributed by atoms with Gasteiger partial charge in [0, 0.05) is 12.1 Å². The van der Waals surface area contributed by atoms with Crippen LogP contribution in [-0.2, 0) is 9.59 Å². The smallest absolute Gasteiger partial charge is 0.234 e. The number of carbonyl (C=O) groups excluding carboxylic acids is 2. The van der Waals surface area contributed by atoms with Crippen molar-refractivity contribution in [3.05, 3.63) is 65.2 Å². The van der Waals surface area contributed by atoms with Gasteiger partial charge in [-0.25, -0.2) is 17.6 Å². The van der Waals surface area contributed by atoms with Crippen LogP contribution in [0.4, 0.5) is 28.9 Å². The van der Waals surface area contributed by atoms with Crippen molar-refractivity contribution in [3.8, 4) is 6.07 Å². The molecule has 3 aromatic rings. The van der Waals surface area contributed by atoms with Crippen molar-refractivity contribution >= 4 is 58.2 Å². The van der Waals surface area contributed by atoms with Crippen molar-refractivity contribution < 1.29 is 27.2 Å². The molecular weight excluding hydrogens is 500 g/mol. The first-order chi connectivity index (χ1) is 15.8. The Bertz CT molecular complexity index is 1160. The van der Waals surface area contributed by atoms with Crippen LogP contribution in [0.15, 0.2) is 45.6 Å². The predicted octanol–water partition coefficient (Wildman–Crippen LogP) is 5.03. The zero-order chi connectivity index (χ0) is 24.0. The minimum absolute atomic E-state index is 0.163. The van der Waals surface area contributed by atoms with Crippen molar-refractivity contribution in [1.29, 1.82) is 5.26 Å². The summed E-state index contributed by atoms with van der Waals surface area (Å²) in [5, 5.41) is 14.3. The predicted molar refractivity (Wildman–Crippen MR) is 118 cm³/mol. The van der Waals surface area contributed by atoms with E-state index in [1.54, 1.807) is 0 Å². The molecule has 6 nitrogen and oxygen atoms in total. The molecule has 0 saturated heterocycles. The maximum absolute atomic E-state index is 13.6. The molecule has 3 rings (SSSR count). The van der Waals surface area contributed by atoms with E-state index in [0.717, 1.165) is 59.3 Å². The van der Waals surface area contributed by atoms with E-state index in [9.17, 15) is 32.4 Å². The van der Waals surface area contributed by atoms with Crippen LogP contribution in [0.1, 0.15) is 5.56 Å². The molecule has 0 fully saturated rings. The number of hydrogen-bond acceptors (Lipinski definition) is 7.